The molecule has 0 unspecified atom stereocenters. The number of pyridine rings is 2. The van der Waals surface area contributed by atoms with E-state index in [1.54, 1.807) is 0 Å². The number of aromatic nitrogens is 4. The van der Waals surface area contributed by atoms with Gasteiger partial charge in [0.05, 0.1) is 44.8 Å². The minimum absolute atomic E-state index is 0.807. The summed E-state index contributed by atoms with van der Waals surface area (Å²) in [7, 11) is 0. The van der Waals surface area contributed by atoms with Crippen LogP contribution in [0.3, 0.4) is 0 Å². The van der Waals surface area contributed by atoms with Crippen LogP contribution in [0.5, 0.6) is 0 Å². The van der Waals surface area contributed by atoms with Gasteiger partial charge in [-0.2, -0.15) is 0 Å². The van der Waals surface area contributed by atoms with E-state index < -0.39 is 0 Å². The standard InChI is InChI=1S/C58H38N4/c1-3-17-39(18-4-1)43-35-51(41-21-15-23-45(33-41)61-55-29-11-7-25-47(55)48-26-8-12-30-56(48)61)59-53(37-43)54-38-44(40-19-5-2-6-20-40)36-52(60-54)42-22-16-24-46(34-42)62-57-31-13-9-27-49(57)50-28-10-14-32-58(50)62/h1-38H. The Balaban J connectivity index is 1.04. The van der Waals surface area contributed by atoms with Crippen molar-refractivity contribution in [2.24, 2.45) is 0 Å². The van der Waals surface area contributed by atoms with Crippen molar-refractivity contribution in [1.29, 1.82) is 0 Å². The predicted molar refractivity (Wildman–Crippen MR) is 258 cm³/mol. The topological polar surface area (TPSA) is 35.6 Å². The second kappa shape index (κ2) is 14.7. The highest BCUT2D eigenvalue weighted by molar-refractivity contribution is 6.10. The Morgan fingerprint density at radius 1 is 0.226 bits per heavy atom. The third-order valence-electron chi connectivity index (χ3n) is 12.1. The molecule has 0 saturated heterocycles. The molecule has 62 heavy (non-hydrogen) atoms. The molecule has 12 aromatic rings. The number of para-hydroxylation sites is 4. The van der Waals surface area contributed by atoms with E-state index in [1.165, 1.54) is 43.6 Å². The molecule has 0 N–H and O–H groups in total. The molecule has 290 valence electrons. The smallest absolute Gasteiger partial charge is 0.0900 e. The molecule has 0 aliphatic carbocycles. The van der Waals surface area contributed by atoms with Gasteiger partial charge < -0.3 is 9.13 Å². The Morgan fingerprint density at radius 2 is 0.532 bits per heavy atom. The molecule has 0 amide bonds. The van der Waals surface area contributed by atoms with Crippen LogP contribution in [0, 0.1) is 0 Å². The molecular formula is C58H38N4. The number of rotatable bonds is 7. The predicted octanol–water partition coefficient (Wildman–Crippen LogP) is 15.0. The van der Waals surface area contributed by atoms with Gasteiger partial charge >= 0.3 is 0 Å². The quantitative estimate of drug-likeness (QED) is 0.161. The highest BCUT2D eigenvalue weighted by atomic mass is 15.0. The van der Waals surface area contributed by atoms with Crippen molar-refractivity contribution in [2.75, 3.05) is 0 Å². The highest BCUT2D eigenvalue weighted by Crippen LogP contribution is 2.38. The van der Waals surface area contributed by atoms with Crippen LogP contribution in [0.25, 0.3) is 111 Å². The second-order valence-electron chi connectivity index (χ2n) is 15.8. The zero-order valence-corrected chi connectivity index (χ0v) is 33.7. The Kier molecular flexibility index (Phi) is 8.46. The first-order valence-electron chi connectivity index (χ1n) is 21.1. The summed E-state index contributed by atoms with van der Waals surface area (Å²) in [5.41, 5.74) is 16.7. The third-order valence-corrected chi connectivity index (χ3v) is 12.1. The normalized spacial score (nSPS) is 11.5. The Hall–Kier alpha value is -8.34. The molecule has 4 nitrogen and oxygen atoms in total. The summed E-state index contributed by atoms with van der Waals surface area (Å²) in [5.74, 6) is 0. The molecule has 12 rings (SSSR count). The van der Waals surface area contributed by atoms with Crippen LogP contribution in [0.4, 0.5) is 0 Å². The van der Waals surface area contributed by atoms with Crippen molar-refractivity contribution < 1.29 is 0 Å². The lowest BCUT2D eigenvalue weighted by molar-refractivity contribution is 1.17. The maximum atomic E-state index is 5.47. The van der Waals surface area contributed by atoms with Crippen LogP contribution < -0.4 is 0 Å². The molecule has 0 spiro atoms. The van der Waals surface area contributed by atoms with Gasteiger partial charge in [0.25, 0.3) is 0 Å². The van der Waals surface area contributed by atoms with Crippen molar-refractivity contribution in [1.82, 2.24) is 19.1 Å². The lowest BCUT2D eigenvalue weighted by Gasteiger charge is -2.15. The maximum absolute atomic E-state index is 5.47. The lowest BCUT2D eigenvalue weighted by Crippen LogP contribution is -1.98. The van der Waals surface area contributed by atoms with E-state index in [-0.39, 0.29) is 0 Å². The summed E-state index contributed by atoms with van der Waals surface area (Å²) in [6, 6.07) is 82.0. The average Bonchev–Trinajstić information content (AvgIpc) is 3.87. The van der Waals surface area contributed by atoms with Gasteiger partial charge in [0.15, 0.2) is 0 Å². The first-order chi connectivity index (χ1) is 30.7. The Labute approximate surface area is 359 Å². The maximum Gasteiger partial charge on any atom is 0.0900 e. The van der Waals surface area contributed by atoms with Crippen LogP contribution in [0.1, 0.15) is 0 Å². The largest absolute Gasteiger partial charge is 0.309 e. The first-order valence-corrected chi connectivity index (χ1v) is 21.1. The third kappa shape index (κ3) is 6.08. The molecule has 8 aromatic carbocycles. The number of hydrogen-bond donors (Lipinski definition) is 0. The molecule has 4 heteroatoms. The van der Waals surface area contributed by atoms with Gasteiger partial charge in [-0.3, -0.25) is 0 Å². The Morgan fingerprint density at radius 3 is 0.903 bits per heavy atom. The molecule has 0 saturated carbocycles. The van der Waals surface area contributed by atoms with Crippen LogP contribution >= 0.6 is 0 Å². The molecule has 0 bridgehead atoms. The summed E-state index contributed by atoms with van der Waals surface area (Å²) < 4.78 is 4.72. The number of nitrogens with zero attached hydrogens (tertiary/aromatic N) is 4. The van der Waals surface area contributed by atoms with E-state index in [1.807, 2.05) is 0 Å². The molecule has 0 aliphatic heterocycles. The minimum atomic E-state index is 0.807. The summed E-state index contributed by atoms with van der Waals surface area (Å²) in [5, 5.41) is 4.95. The van der Waals surface area contributed by atoms with Gasteiger partial charge in [-0.15, -0.1) is 0 Å². The van der Waals surface area contributed by atoms with E-state index in [0.29, 0.717) is 0 Å². The van der Waals surface area contributed by atoms with Crippen LogP contribution in [-0.4, -0.2) is 19.1 Å². The molecule has 4 heterocycles. The average molecular weight is 791 g/mol. The number of benzene rings is 8. The van der Waals surface area contributed by atoms with Gasteiger partial charge in [0.2, 0.25) is 0 Å². The first kappa shape index (κ1) is 35.6. The lowest BCUT2D eigenvalue weighted by atomic mass is 9.98. The van der Waals surface area contributed by atoms with E-state index in [0.717, 1.165) is 67.5 Å². The SMILES string of the molecule is c1ccc(-c2cc(-c3cccc(-n4c5ccccc5c5ccccc54)c3)nc(-c3cc(-c4ccccc4)cc(-c4cccc(-n5c6ccccc6c6ccccc65)c4)n3)c2)cc1. The number of hydrogen-bond acceptors (Lipinski definition) is 2. The van der Waals surface area contributed by atoms with Gasteiger partial charge in [0, 0.05) is 44.0 Å². The van der Waals surface area contributed by atoms with E-state index in [4.69, 9.17) is 9.97 Å². The van der Waals surface area contributed by atoms with Crippen LogP contribution in [0.2, 0.25) is 0 Å². The zero-order valence-electron chi connectivity index (χ0n) is 33.7. The van der Waals surface area contributed by atoms with Crippen molar-refractivity contribution >= 4 is 43.6 Å². The van der Waals surface area contributed by atoms with Crippen LogP contribution in [0.15, 0.2) is 231 Å². The minimum Gasteiger partial charge on any atom is -0.309 e. The van der Waals surface area contributed by atoms with Crippen molar-refractivity contribution in [3.05, 3.63) is 231 Å². The molecule has 0 fully saturated rings. The highest BCUT2D eigenvalue weighted by Gasteiger charge is 2.17. The van der Waals surface area contributed by atoms with Gasteiger partial charge in [0.1, 0.15) is 0 Å². The molecule has 4 aromatic heterocycles. The van der Waals surface area contributed by atoms with E-state index >= 15 is 0 Å². The number of fused-ring (bicyclic) bond motifs is 6. The van der Waals surface area contributed by atoms with Gasteiger partial charge in [-0.25, -0.2) is 9.97 Å². The van der Waals surface area contributed by atoms with Crippen molar-refractivity contribution in [2.45, 2.75) is 0 Å². The van der Waals surface area contributed by atoms with Crippen LogP contribution in [-0.2, 0) is 0 Å². The van der Waals surface area contributed by atoms with Crippen molar-refractivity contribution in [3.8, 4) is 67.5 Å². The summed E-state index contributed by atoms with van der Waals surface area (Å²) in [4.78, 5) is 10.9. The fourth-order valence-electron chi connectivity index (χ4n) is 9.22. The summed E-state index contributed by atoms with van der Waals surface area (Å²) in [6.07, 6.45) is 0. The van der Waals surface area contributed by atoms with E-state index in [2.05, 4.69) is 240 Å². The second-order valence-corrected chi connectivity index (χ2v) is 15.8. The van der Waals surface area contributed by atoms with Gasteiger partial charge in [-0.05, 0) is 95.1 Å². The Bertz CT molecular complexity index is 3290. The van der Waals surface area contributed by atoms with E-state index in [9.17, 15) is 0 Å². The molecule has 0 aliphatic rings. The van der Waals surface area contributed by atoms with Gasteiger partial charge in [-0.1, -0.05) is 158 Å². The molecular weight excluding hydrogens is 753 g/mol. The fourth-order valence-corrected chi connectivity index (χ4v) is 9.22. The molecule has 0 radical (unpaired) electrons. The summed E-state index contributed by atoms with van der Waals surface area (Å²) in [6.45, 7) is 0. The molecule has 0 atom stereocenters. The fraction of sp³-hybridized carbons (Fsp3) is 0. The summed E-state index contributed by atoms with van der Waals surface area (Å²) >= 11 is 0. The van der Waals surface area contributed by atoms with Crippen molar-refractivity contribution in [3.63, 3.8) is 0 Å². The zero-order chi connectivity index (χ0) is 41.0. The monoisotopic (exact) mass is 790 g/mol.